The minimum atomic E-state index is -0.116. The Kier molecular flexibility index (Phi) is 6.89. The zero-order chi connectivity index (χ0) is 19.1. The molecule has 0 radical (unpaired) electrons. The molecule has 0 bridgehead atoms. The predicted octanol–water partition coefficient (Wildman–Crippen LogP) is 4.29. The molecule has 140 valence electrons. The van der Waals surface area contributed by atoms with E-state index in [9.17, 15) is 4.79 Å². The van der Waals surface area contributed by atoms with Crippen LogP contribution in [0.15, 0.2) is 36.4 Å². The Morgan fingerprint density at radius 1 is 1.00 bits per heavy atom. The molecule has 1 N–H and O–H groups in total. The summed E-state index contributed by atoms with van der Waals surface area (Å²) in [5.74, 6) is 2.00. The summed E-state index contributed by atoms with van der Waals surface area (Å²) in [4.78, 5) is 12.7. The highest BCUT2D eigenvalue weighted by Gasteiger charge is 2.17. The average molecular weight is 357 g/mol. The second-order valence-electron chi connectivity index (χ2n) is 5.96. The van der Waals surface area contributed by atoms with Crippen molar-refractivity contribution in [1.29, 1.82) is 0 Å². The van der Waals surface area contributed by atoms with Crippen LogP contribution in [0, 0.1) is 6.92 Å². The summed E-state index contributed by atoms with van der Waals surface area (Å²) < 4.78 is 16.2. The van der Waals surface area contributed by atoms with Crippen LogP contribution in [-0.4, -0.2) is 26.7 Å². The summed E-state index contributed by atoms with van der Waals surface area (Å²) in [6.45, 7) is 6.51. The average Bonchev–Trinajstić information content (AvgIpc) is 2.67. The molecule has 26 heavy (non-hydrogen) atoms. The van der Waals surface area contributed by atoms with E-state index in [1.54, 1.807) is 20.3 Å². The molecule has 1 unspecified atom stereocenters. The smallest absolute Gasteiger partial charge is 0.251 e. The summed E-state index contributed by atoms with van der Waals surface area (Å²) in [7, 11) is 3.20. The Morgan fingerprint density at radius 2 is 1.69 bits per heavy atom. The lowest BCUT2D eigenvalue weighted by Gasteiger charge is -2.19. The lowest BCUT2D eigenvalue weighted by atomic mass is 10.0. The molecule has 0 aliphatic heterocycles. The van der Waals surface area contributed by atoms with E-state index in [-0.39, 0.29) is 11.9 Å². The number of ether oxygens (including phenoxy) is 3. The largest absolute Gasteiger partial charge is 0.494 e. The minimum absolute atomic E-state index is 0.113. The van der Waals surface area contributed by atoms with Gasteiger partial charge in [0.05, 0.1) is 26.9 Å². The van der Waals surface area contributed by atoms with Gasteiger partial charge in [-0.15, -0.1) is 0 Å². The molecule has 5 heteroatoms. The van der Waals surface area contributed by atoms with E-state index in [0.717, 1.165) is 23.3 Å². The number of carbonyl (C=O) groups is 1. The van der Waals surface area contributed by atoms with Gasteiger partial charge in [0.2, 0.25) is 0 Å². The molecule has 5 nitrogen and oxygen atoms in total. The van der Waals surface area contributed by atoms with Gasteiger partial charge in [-0.05, 0) is 61.7 Å². The molecule has 0 aliphatic carbocycles. The third-order valence-corrected chi connectivity index (χ3v) is 4.26. The van der Waals surface area contributed by atoms with Crippen LogP contribution in [0.2, 0.25) is 0 Å². The van der Waals surface area contributed by atoms with Crippen LogP contribution >= 0.6 is 0 Å². The normalized spacial score (nSPS) is 11.6. The van der Waals surface area contributed by atoms with Crippen molar-refractivity contribution in [2.24, 2.45) is 0 Å². The molecule has 1 amide bonds. The van der Waals surface area contributed by atoms with Gasteiger partial charge < -0.3 is 19.5 Å². The topological polar surface area (TPSA) is 56.8 Å². The monoisotopic (exact) mass is 357 g/mol. The molecule has 0 saturated carbocycles. The van der Waals surface area contributed by atoms with Gasteiger partial charge in [-0.25, -0.2) is 0 Å². The first-order chi connectivity index (χ1) is 12.5. The van der Waals surface area contributed by atoms with E-state index in [1.165, 1.54) is 0 Å². The quantitative estimate of drug-likeness (QED) is 0.766. The Hall–Kier alpha value is -2.69. The number of aryl methyl sites for hydroxylation is 1. The lowest BCUT2D eigenvalue weighted by Crippen LogP contribution is -2.28. The van der Waals surface area contributed by atoms with Gasteiger partial charge in [0, 0.05) is 5.56 Å². The maximum absolute atomic E-state index is 12.7. The van der Waals surface area contributed by atoms with Gasteiger partial charge >= 0.3 is 0 Å². The van der Waals surface area contributed by atoms with Crippen molar-refractivity contribution >= 4 is 5.91 Å². The molecule has 0 spiro atoms. The number of methoxy groups -OCH3 is 2. The maximum Gasteiger partial charge on any atom is 0.251 e. The molecule has 0 aromatic heterocycles. The molecular formula is C21H27NO4. The molecular weight excluding hydrogens is 330 g/mol. The number of nitrogens with one attached hydrogen (secondary N) is 1. The van der Waals surface area contributed by atoms with Crippen molar-refractivity contribution < 1.29 is 19.0 Å². The second-order valence-corrected chi connectivity index (χ2v) is 5.96. The molecule has 0 heterocycles. The van der Waals surface area contributed by atoms with Gasteiger partial charge in [0.15, 0.2) is 11.5 Å². The van der Waals surface area contributed by atoms with E-state index in [1.807, 2.05) is 51.1 Å². The molecule has 2 aromatic rings. The van der Waals surface area contributed by atoms with Gasteiger partial charge in [0.1, 0.15) is 5.75 Å². The molecule has 0 fully saturated rings. The summed E-state index contributed by atoms with van der Waals surface area (Å²) in [5.41, 5.74) is 2.53. The summed E-state index contributed by atoms with van der Waals surface area (Å²) in [6.07, 6.45) is 0.761. The Balaban J connectivity index is 2.19. The Labute approximate surface area is 155 Å². The van der Waals surface area contributed by atoms with Crippen molar-refractivity contribution in [3.05, 3.63) is 53.1 Å². The first-order valence-electron chi connectivity index (χ1n) is 8.80. The number of hydrogen-bond acceptors (Lipinski definition) is 4. The van der Waals surface area contributed by atoms with E-state index in [0.29, 0.717) is 23.7 Å². The van der Waals surface area contributed by atoms with E-state index in [4.69, 9.17) is 14.2 Å². The third kappa shape index (κ3) is 4.48. The van der Waals surface area contributed by atoms with Crippen molar-refractivity contribution in [2.75, 3.05) is 20.8 Å². The van der Waals surface area contributed by atoms with Gasteiger partial charge in [-0.3, -0.25) is 4.79 Å². The Morgan fingerprint density at radius 3 is 2.27 bits per heavy atom. The van der Waals surface area contributed by atoms with Crippen LogP contribution in [0.4, 0.5) is 0 Å². The Bertz CT molecular complexity index is 758. The van der Waals surface area contributed by atoms with Crippen LogP contribution < -0.4 is 19.5 Å². The minimum Gasteiger partial charge on any atom is -0.494 e. The fourth-order valence-electron chi connectivity index (χ4n) is 2.84. The van der Waals surface area contributed by atoms with Gasteiger partial charge in [-0.1, -0.05) is 13.0 Å². The maximum atomic E-state index is 12.7. The first kappa shape index (κ1) is 19.6. The molecule has 0 saturated heterocycles. The zero-order valence-electron chi connectivity index (χ0n) is 16.1. The number of hydrogen-bond donors (Lipinski definition) is 1. The van der Waals surface area contributed by atoms with E-state index >= 15 is 0 Å². The summed E-state index contributed by atoms with van der Waals surface area (Å²) in [6, 6.07) is 11.1. The number of amides is 1. The van der Waals surface area contributed by atoms with Gasteiger partial charge in [0.25, 0.3) is 5.91 Å². The SMILES string of the molecule is CCOc1ccc(C(=O)NC(CC)c2ccc(OC)c(OC)c2)cc1C. The third-order valence-electron chi connectivity index (χ3n) is 4.26. The number of benzene rings is 2. The fourth-order valence-corrected chi connectivity index (χ4v) is 2.84. The van der Waals surface area contributed by atoms with E-state index < -0.39 is 0 Å². The standard InChI is InChI=1S/C21H27NO4/c1-6-17(15-8-11-19(24-4)20(13-15)25-5)22-21(23)16-9-10-18(26-7-2)14(3)12-16/h8-13,17H,6-7H2,1-5H3,(H,22,23). The predicted molar refractivity (Wildman–Crippen MR) is 102 cm³/mol. The fraction of sp³-hybridized carbons (Fsp3) is 0.381. The van der Waals surface area contributed by atoms with Crippen LogP contribution in [0.25, 0.3) is 0 Å². The van der Waals surface area contributed by atoms with E-state index in [2.05, 4.69) is 5.32 Å². The van der Waals surface area contributed by atoms with Gasteiger partial charge in [-0.2, -0.15) is 0 Å². The van der Waals surface area contributed by atoms with Crippen LogP contribution in [0.1, 0.15) is 47.8 Å². The van der Waals surface area contributed by atoms with Crippen molar-refractivity contribution in [3.8, 4) is 17.2 Å². The first-order valence-corrected chi connectivity index (χ1v) is 8.80. The van der Waals surface area contributed by atoms with Crippen molar-refractivity contribution in [3.63, 3.8) is 0 Å². The lowest BCUT2D eigenvalue weighted by molar-refractivity contribution is 0.0935. The summed E-state index contributed by atoms with van der Waals surface area (Å²) in [5, 5.41) is 3.09. The highest BCUT2D eigenvalue weighted by Crippen LogP contribution is 2.31. The molecule has 0 aliphatic rings. The highest BCUT2D eigenvalue weighted by molar-refractivity contribution is 5.94. The van der Waals surface area contributed by atoms with Crippen molar-refractivity contribution in [1.82, 2.24) is 5.32 Å². The summed E-state index contributed by atoms with van der Waals surface area (Å²) >= 11 is 0. The molecule has 2 aromatic carbocycles. The zero-order valence-corrected chi connectivity index (χ0v) is 16.1. The van der Waals surface area contributed by atoms with Crippen LogP contribution in [0.3, 0.4) is 0 Å². The van der Waals surface area contributed by atoms with Crippen LogP contribution in [0.5, 0.6) is 17.2 Å². The number of rotatable bonds is 8. The van der Waals surface area contributed by atoms with Crippen LogP contribution in [-0.2, 0) is 0 Å². The van der Waals surface area contributed by atoms with Crippen molar-refractivity contribution in [2.45, 2.75) is 33.2 Å². The second kappa shape index (κ2) is 9.13. The molecule has 2 rings (SSSR count). The highest BCUT2D eigenvalue weighted by atomic mass is 16.5. The number of carbonyl (C=O) groups excluding carboxylic acids is 1. The molecule has 1 atom stereocenters.